The summed E-state index contributed by atoms with van der Waals surface area (Å²) in [6.07, 6.45) is -0.761. The van der Waals surface area contributed by atoms with Crippen LogP contribution in [0.2, 0.25) is 0 Å². The third-order valence-electron chi connectivity index (χ3n) is 3.56. The number of rotatable bonds is 4. The van der Waals surface area contributed by atoms with Gasteiger partial charge < -0.3 is 14.5 Å². The molecule has 1 N–H and O–H groups in total. The lowest BCUT2D eigenvalue weighted by Gasteiger charge is -2.15. The number of nitriles is 1. The van der Waals surface area contributed by atoms with Gasteiger partial charge in [-0.15, -0.1) is 0 Å². The molecule has 0 saturated carbocycles. The molecule has 0 aliphatic rings. The molecule has 1 aromatic heterocycles. The van der Waals surface area contributed by atoms with Crippen molar-refractivity contribution in [2.45, 2.75) is 13.0 Å². The lowest BCUT2D eigenvalue weighted by molar-refractivity contribution is -0.122. The minimum absolute atomic E-state index is 0.334. The number of amides is 1. The van der Waals surface area contributed by atoms with Gasteiger partial charge in [-0.05, 0) is 49.4 Å². The van der Waals surface area contributed by atoms with Crippen LogP contribution < -0.4 is 15.7 Å². The fraction of sp³-hybridized carbons (Fsp3) is 0.105. The summed E-state index contributed by atoms with van der Waals surface area (Å²) in [6, 6.07) is 16.6. The molecule has 1 heterocycles. The largest absolute Gasteiger partial charge is 0.481 e. The fourth-order valence-electron chi connectivity index (χ4n) is 2.24. The molecule has 1 atom stereocenters. The number of nitrogens with zero attached hydrogens (tertiary/aromatic N) is 1. The zero-order valence-electron chi connectivity index (χ0n) is 13.4. The predicted octanol–water partition coefficient (Wildman–Crippen LogP) is 3.07. The summed E-state index contributed by atoms with van der Waals surface area (Å²) < 4.78 is 10.7. The fourth-order valence-corrected chi connectivity index (χ4v) is 2.24. The van der Waals surface area contributed by atoms with Crippen molar-refractivity contribution in [2.75, 3.05) is 5.32 Å². The molecule has 0 spiro atoms. The summed E-state index contributed by atoms with van der Waals surface area (Å²) in [5.74, 6) is 0.0867. The van der Waals surface area contributed by atoms with Gasteiger partial charge in [-0.25, -0.2) is 4.79 Å². The Morgan fingerprint density at radius 1 is 1.16 bits per heavy atom. The van der Waals surface area contributed by atoms with E-state index in [1.807, 2.05) is 6.07 Å². The Balaban J connectivity index is 1.70. The maximum Gasteiger partial charge on any atom is 0.336 e. The highest BCUT2D eigenvalue weighted by Gasteiger charge is 2.15. The molecule has 124 valence electrons. The van der Waals surface area contributed by atoms with Crippen molar-refractivity contribution < 1.29 is 13.9 Å². The van der Waals surface area contributed by atoms with Crippen LogP contribution in [0.25, 0.3) is 11.0 Å². The first kappa shape index (κ1) is 16.3. The van der Waals surface area contributed by atoms with Gasteiger partial charge in [0.15, 0.2) is 6.10 Å². The van der Waals surface area contributed by atoms with Gasteiger partial charge >= 0.3 is 5.63 Å². The summed E-state index contributed by atoms with van der Waals surface area (Å²) in [5, 5.41) is 12.2. The monoisotopic (exact) mass is 334 g/mol. The van der Waals surface area contributed by atoms with Crippen molar-refractivity contribution in [1.82, 2.24) is 0 Å². The Morgan fingerprint density at radius 2 is 1.88 bits per heavy atom. The minimum atomic E-state index is -0.761. The van der Waals surface area contributed by atoms with Gasteiger partial charge in [0.2, 0.25) is 0 Å². The lowest BCUT2D eigenvalue weighted by Crippen LogP contribution is -2.30. The Hall–Kier alpha value is -3.59. The van der Waals surface area contributed by atoms with Crippen molar-refractivity contribution in [3.05, 3.63) is 70.6 Å². The standard InChI is InChI=1S/C19H14N2O4/c1-12(19(23)21-15-6-2-13(11-20)3-7-15)24-16-8-4-14-5-9-18(22)25-17(14)10-16/h2-10,12H,1H3,(H,21,23)/t12-/m1/s1. The molecule has 0 fully saturated rings. The molecule has 0 bridgehead atoms. The Morgan fingerprint density at radius 3 is 2.60 bits per heavy atom. The number of hydrogen-bond donors (Lipinski definition) is 1. The smallest absolute Gasteiger partial charge is 0.336 e. The molecule has 3 aromatic rings. The average molecular weight is 334 g/mol. The van der Waals surface area contributed by atoms with Gasteiger partial charge in [0.05, 0.1) is 11.6 Å². The summed E-state index contributed by atoms with van der Waals surface area (Å²) in [5.41, 5.74) is 1.03. The summed E-state index contributed by atoms with van der Waals surface area (Å²) in [7, 11) is 0. The quantitative estimate of drug-likeness (QED) is 0.740. The normalized spacial score (nSPS) is 11.5. The van der Waals surface area contributed by atoms with E-state index in [1.165, 1.54) is 6.07 Å². The average Bonchev–Trinajstić information content (AvgIpc) is 2.62. The molecule has 2 aromatic carbocycles. The van der Waals surface area contributed by atoms with Crippen LogP contribution in [-0.2, 0) is 4.79 Å². The molecule has 3 rings (SSSR count). The molecular formula is C19H14N2O4. The number of carbonyl (C=O) groups is 1. The molecule has 0 radical (unpaired) electrons. The molecular weight excluding hydrogens is 320 g/mol. The minimum Gasteiger partial charge on any atom is -0.481 e. The van der Waals surface area contributed by atoms with E-state index >= 15 is 0 Å². The second kappa shape index (κ2) is 6.89. The van der Waals surface area contributed by atoms with E-state index in [1.54, 1.807) is 55.5 Å². The van der Waals surface area contributed by atoms with Gasteiger partial charge in [0.1, 0.15) is 11.3 Å². The van der Waals surface area contributed by atoms with E-state index in [2.05, 4.69) is 5.32 Å². The van der Waals surface area contributed by atoms with E-state index in [4.69, 9.17) is 14.4 Å². The number of carbonyl (C=O) groups excluding carboxylic acids is 1. The van der Waals surface area contributed by atoms with Crippen LogP contribution in [0.3, 0.4) is 0 Å². The Labute approximate surface area is 143 Å². The van der Waals surface area contributed by atoms with E-state index in [9.17, 15) is 9.59 Å². The van der Waals surface area contributed by atoms with Crippen molar-refractivity contribution in [3.63, 3.8) is 0 Å². The number of hydrogen-bond acceptors (Lipinski definition) is 5. The SMILES string of the molecule is C[C@@H](Oc1ccc2ccc(=O)oc2c1)C(=O)Nc1ccc(C#N)cc1. The van der Waals surface area contributed by atoms with Crippen molar-refractivity contribution in [1.29, 1.82) is 5.26 Å². The van der Waals surface area contributed by atoms with E-state index in [-0.39, 0.29) is 5.91 Å². The van der Waals surface area contributed by atoms with Crippen LogP contribution in [0.4, 0.5) is 5.69 Å². The van der Waals surface area contributed by atoms with Crippen molar-refractivity contribution in [3.8, 4) is 11.8 Å². The molecule has 0 aliphatic carbocycles. The van der Waals surface area contributed by atoms with Crippen LogP contribution in [0.5, 0.6) is 5.75 Å². The maximum atomic E-state index is 12.2. The van der Waals surface area contributed by atoms with Crippen molar-refractivity contribution in [2.24, 2.45) is 0 Å². The highest BCUT2D eigenvalue weighted by Crippen LogP contribution is 2.21. The molecule has 25 heavy (non-hydrogen) atoms. The van der Waals surface area contributed by atoms with E-state index in [0.717, 1.165) is 5.39 Å². The first-order valence-corrected chi connectivity index (χ1v) is 7.57. The summed E-state index contributed by atoms with van der Waals surface area (Å²) >= 11 is 0. The predicted molar refractivity (Wildman–Crippen MR) is 92.4 cm³/mol. The van der Waals surface area contributed by atoms with Gasteiger partial charge in [0, 0.05) is 23.2 Å². The Bertz CT molecular complexity index is 1020. The second-order valence-electron chi connectivity index (χ2n) is 5.39. The third kappa shape index (κ3) is 3.85. The number of fused-ring (bicyclic) bond motifs is 1. The van der Waals surface area contributed by atoms with Crippen LogP contribution >= 0.6 is 0 Å². The number of benzene rings is 2. The van der Waals surface area contributed by atoms with Gasteiger partial charge in [-0.3, -0.25) is 4.79 Å². The van der Waals surface area contributed by atoms with Gasteiger partial charge in [-0.2, -0.15) is 5.26 Å². The van der Waals surface area contributed by atoms with E-state index < -0.39 is 11.7 Å². The van der Waals surface area contributed by atoms with Crippen LogP contribution in [0.1, 0.15) is 12.5 Å². The molecule has 0 aliphatic heterocycles. The molecule has 1 amide bonds. The molecule has 6 nitrogen and oxygen atoms in total. The van der Waals surface area contributed by atoms with E-state index in [0.29, 0.717) is 22.6 Å². The summed E-state index contributed by atoms with van der Waals surface area (Å²) in [6.45, 7) is 1.62. The molecule has 6 heteroatoms. The van der Waals surface area contributed by atoms with Gasteiger partial charge in [-0.1, -0.05) is 0 Å². The summed E-state index contributed by atoms with van der Waals surface area (Å²) in [4.78, 5) is 23.5. The van der Waals surface area contributed by atoms with Crippen molar-refractivity contribution >= 4 is 22.6 Å². The zero-order valence-corrected chi connectivity index (χ0v) is 13.4. The maximum absolute atomic E-state index is 12.2. The molecule has 0 saturated heterocycles. The third-order valence-corrected chi connectivity index (χ3v) is 3.56. The first-order valence-electron chi connectivity index (χ1n) is 7.57. The van der Waals surface area contributed by atoms with Crippen LogP contribution in [-0.4, -0.2) is 12.0 Å². The Kier molecular flexibility index (Phi) is 4.48. The number of anilines is 1. The highest BCUT2D eigenvalue weighted by atomic mass is 16.5. The topological polar surface area (TPSA) is 92.3 Å². The second-order valence-corrected chi connectivity index (χ2v) is 5.39. The number of ether oxygens (including phenoxy) is 1. The van der Waals surface area contributed by atoms with Gasteiger partial charge in [0.25, 0.3) is 5.91 Å². The highest BCUT2D eigenvalue weighted by molar-refractivity contribution is 5.94. The first-order chi connectivity index (χ1) is 12.0. The number of nitrogens with one attached hydrogen (secondary N) is 1. The zero-order chi connectivity index (χ0) is 17.8. The molecule has 0 unspecified atom stereocenters. The van der Waals surface area contributed by atoms with Crippen LogP contribution in [0, 0.1) is 11.3 Å². The lowest BCUT2D eigenvalue weighted by atomic mass is 10.2. The van der Waals surface area contributed by atoms with Crippen LogP contribution in [0.15, 0.2) is 63.8 Å².